The first-order chi connectivity index (χ1) is 10.8. The van der Waals surface area contributed by atoms with Crippen molar-refractivity contribution in [3.8, 4) is 0 Å². The Labute approximate surface area is 135 Å². The summed E-state index contributed by atoms with van der Waals surface area (Å²) in [6.45, 7) is 6.20. The third-order valence-corrected chi connectivity index (χ3v) is 4.22. The number of rotatable bonds is 1. The van der Waals surface area contributed by atoms with Gasteiger partial charge in [0.05, 0.1) is 5.69 Å². The second-order valence-corrected chi connectivity index (χ2v) is 6.81. The van der Waals surface area contributed by atoms with Gasteiger partial charge in [-0.25, -0.2) is 4.79 Å². The maximum atomic E-state index is 12.9. The van der Waals surface area contributed by atoms with Gasteiger partial charge in [0.2, 0.25) is 0 Å². The molecule has 0 bridgehead atoms. The van der Waals surface area contributed by atoms with E-state index in [0.717, 1.165) is 5.56 Å². The molecule has 1 N–H and O–H groups in total. The van der Waals surface area contributed by atoms with Crippen molar-refractivity contribution in [3.63, 3.8) is 0 Å². The molecule has 1 amide bonds. The number of anilines is 1. The summed E-state index contributed by atoms with van der Waals surface area (Å²) in [5.74, 6) is -0.167. The van der Waals surface area contributed by atoms with Crippen molar-refractivity contribution in [1.82, 2.24) is 0 Å². The number of hydrogen-bond acceptors (Lipinski definition) is 2. The van der Waals surface area contributed by atoms with Crippen molar-refractivity contribution in [2.45, 2.75) is 32.2 Å². The van der Waals surface area contributed by atoms with Gasteiger partial charge < -0.3 is 5.11 Å². The van der Waals surface area contributed by atoms with Crippen LogP contribution in [0, 0.1) is 0 Å². The van der Waals surface area contributed by atoms with Crippen LogP contribution in [0.5, 0.6) is 0 Å². The Bertz CT molecular complexity index is 775. The number of nitrogens with zero attached hydrogens (tertiary/aromatic N) is 1. The van der Waals surface area contributed by atoms with Crippen LogP contribution in [0.25, 0.3) is 0 Å². The summed E-state index contributed by atoms with van der Waals surface area (Å²) in [7, 11) is 0. The van der Waals surface area contributed by atoms with Crippen LogP contribution in [0.3, 0.4) is 0 Å². The molecule has 4 nitrogen and oxygen atoms in total. The minimum absolute atomic E-state index is 0.103. The number of amides is 1. The fourth-order valence-electron chi connectivity index (χ4n) is 2.96. The Morgan fingerprint density at radius 3 is 2.30 bits per heavy atom. The van der Waals surface area contributed by atoms with E-state index < -0.39 is 12.1 Å². The second kappa shape index (κ2) is 5.23. The predicted molar refractivity (Wildman–Crippen MR) is 89.2 cm³/mol. The largest absolute Gasteiger partial charge is 0.465 e. The number of ketones is 1. The summed E-state index contributed by atoms with van der Waals surface area (Å²) in [5, 5.41) is 9.61. The second-order valence-electron chi connectivity index (χ2n) is 6.81. The molecular weight excluding hydrogens is 290 g/mol. The monoisotopic (exact) mass is 309 g/mol. The van der Waals surface area contributed by atoms with Crippen molar-refractivity contribution in [2.75, 3.05) is 4.90 Å². The third kappa shape index (κ3) is 2.50. The zero-order valence-corrected chi connectivity index (χ0v) is 13.4. The van der Waals surface area contributed by atoms with Crippen LogP contribution >= 0.6 is 0 Å². The highest BCUT2D eigenvalue weighted by atomic mass is 16.4. The molecule has 0 aliphatic carbocycles. The molecule has 3 rings (SSSR count). The number of benzene rings is 2. The van der Waals surface area contributed by atoms with Crippen LogP contribution in [0.15, 0.2) is 48.5 Å². The van der Waals surface area contributed by atoms with Gasteiger partial charge in [0.1, 0.15) is 6.04 Å². The number of carbonyl (C=O) groups is 2. The third-order valence-electron chi connectivity index (χ3n) is 4.22. The highest BCUT2D eigenvalue weighted by Crippen LogP contribution is 2.42. The van der Waals surface area contributed by atoms with E-state index in [1.807, 2.05) is 30.3 Å². The lowest BCUT2D eigenvalue weighted by Crippen LogP contribution is -2.32. The molecule has 0 fully saturated rings. The molecule has 1 unspecified atom stereocenters. The Morgan fingerprint density at radius 2 is 1.74 bits per heavy atom. The number of Topliss-reactive ketones (excluding diaryl/α,β-unsaturated/α-hetero) is 1. The molecule has 0 spiro atoms. The van der Waals surface area contributed by atoms with Crippen LogP contribution in [0.4, 0.5) is 10.5 Å². The zero-order valence-electron chi connectivity index (χ0n) is 13.4. The lowest BCUT2D eigenvalue weighted by atomic mass is 9.85. The van der Waals surface area contributed by atoms with Crippen LogP contribution in [-0.4, -0.2) is 17.0 Å². The van der Waals surface area contributed by atoms with Gasteiger partial charge in [0.15, 0.2) is 5.78 Å². The fourth-order valence-corrected chi connectivity index (χ4v) is 2.96. The Morgan fingerprint density at radius 1 is 1.09 bits per heavy atom. The topological polar surface area (TPSA) is 57.6 Å². The minimum Gasteiger partial charge on any atom is -0.465 e. The quantitative estimate of drug-likeness (QED) is 0.849. The first kappa shape index (κ1) is 15.3. The summed E-state index contributed by atoms with van der Waals surface area (Å²) in [5.41, 5.74) is 2.55. The normalized spacial score (nSPS) is 17.3. The number of hydrogen-bond donors (Lipinski definition) is 1. The van der Waals surface area contributed by atoms with Crippen LogP contribution in [0.2, 0.25) is 0 Å². The summed E-state index contributed by atoms with van der Waals surface area (Å²) in [6, 6.07) is 13.7. The molecular formula is C19H19NO3. The van der Waals surface area contributed by atoms with E-state index in [9.17, 15) is 14.7 Å². The van der Waals surface area contributed by atoms with Gasteiger partial charge in [-0.15, -0.1) is 0 Å². The minimum atomic E-state index is -1.12. The molecule has 1 atom stereocenters. The molecule has 1 aliphatic rings. The highest BCUT2D eigenvalue weighted by Gasteiger charge is 2.42. The predicted octanol–water partition coefficient (Wildman–Crippen LogP) is 4.41. The van der Waals surface area contributed by atoms with Crippen molar-refractivity contribution in [3.05, 3.63) is 65.2 Å². The van der Waals surface area contributed by atoms with Crippen LogP contribution < -0.4 is 4.90 Å². The number of fused-ring (bicyclic) bond motifs is 1. The van der Waals surface area contributed by atoms with Gasteiger partial charge in [-0.1, -0.05) is 57.2 Å². The van der Waals surface area contributed by atoms with E-state index >= 15 is 0 Å². The fraction of sp³-hybridized carbons (Fsp3) is 0.263. The lowest BCUT2D eigenvalue weighted by Gasteiger charge is -2.22. The molecule has 0 radical (unpaired) electrons. The average Bonchev–Trinajstić information content (AvgIpc) is 2.80. The lowest BCUT2D eigenvalue weighted by molar-refractivity contribution is 0.0967. The Kier molecular flexibility index (Phi) is 3.48. The van der Waals surface area contributed by atoms with E-state index in [1.54, 1.807) is 18.2 Å². The van der Waals surface area contributed by atoms with Crippen molar-refractivity contribution in [2.24, 2.45) is 0 Å². The summed E-state index contributed by atoms with van der Waals surface area (Å²) < 4.78 is 0. The standard InChI is InChI=1S/C19H19NO3/c1-19(2,3)13-9-10-15-14(11-13)17(21)16(20(15)18(22)23)12-7-5-4-6-8-12/h4-11,16H,1-3H3,(H,22,23). The summed E-state index contributed by atoms with van der Waals surface area (Å²) in [6.07, 6.45) is -1.12. The van der Waals surface area contributed by atoms with Crippen molar-refractivity contribution < 1.29 is 14.7 Å². The van der Waals surface area contributed by atoms with Crippen LogP contribution in [-0.2, 0) is 5.41 Å². The van der Waals surface area contributed by atoms with E-state index in [0.29, 0.717) is 16.8 Å². The van der Waals surface area contributed by atoms with Gasteiger partial charge in [0, 0.05) is 5.56 Å². The average molecular weight is 309 g/mol. The Hall–Kier alpha value is -2.62. The molecule has 1 aliphatic heterocycles. The molecule has 0 saturated heterocycles. The molecule has 118 valence electrons. The summed E-state index contributed by atoms with van der Waals surface area (Å²) in [4.78, 5) is 25.8. The van der Waals surface area contributed by atoms with E-state index in [-0.39, 0.29) is 11.2 Å². The van der Waals surface area contributed by atoms with Crippen molar-refractivity contribution >= 4 is 17.6 Å². The Balaban J connectivity index is 2.15. The van der Waals surface area contributed by atoms with Gasteiger partial charge in [-0.3, -0.25) is 9.69 Å². The van der Waals surface area contributed by atoms with Crippen LogP contribution in [0.1, 0.15) is 48.3 Å². The van der Waals surface area contributed by atoms with Gasteiger partial charge in [-0.05, 0) is 28.7 Å². The molecule has 1 heterocycles. The molecule has 4 heteroatoms. The molecule has 0 aromatic heterocycles. The molecule has 23 heavy (non-hydrogen) atoms. The van der Waals surface area contributed by atoms with E-state index in [4.69, 9.17) is 0 Å². The number of carbonyl (C=O) groups excluding carboxylic acids is 1. The zero-order chi connectivity index (χ0) is 16.8. The van der Waals surface area contributed by atoms with Gasteiger partial charge in [0.25, 0.3) is 0 Å². The van der Waals surface area contributed by atoms with E-state index in [1.165, 1.54) is 4.90 Å². The first-order valence-electron chi connectivity index (χ1n) is 7.56. The highest BCUT2D eigenvalue weighted by molar-refractivity contribution is 6.16. The van der Waals surface area contributed by atoms with Crippen molar-refractivity contribution in [1.29, 1.82) is 0 Å². The molecule has 2 aromatic rings. The van der Waals surface area contributed by atoms with E-state index in [2.05, 4.69) is 20.8 Å². The summed E-state index contributed by atoms with van der Waals surface area (Å²) >= 11 is 0. The SMILES string of the molecule is CC(C)(C)c1ccc2c(c1)C(=O)C(c1ccccc1)N2C(=O)O. The smallest absolute Gasteiger partial charge is 0.412 e. The molecule has 2 aromatic carbocycles. The first-order valence-corrected chi connectivity index (χ1v) is 7.56. The molecule has 0 saturated carbocycles. The maximum Gasteiger partial charge on any atom is 0.412 e. The van der Waals surface area contributed by atoms with Gasteiger partial charge >= 0.3 is 6.09 Å². The van der Waals surface area contributed by atoms with Gasteiger partial charge in [-0.2, -0.15) is 0 Å². The number of carboxylic acid groups (broad SMARTS) is 1. The maximum absolute atomic E-state index is 12.9.